The molecule has 1 aliphatic rings. The molecule has 2 aromatic heterocycles. The summed E-state index contributed by atoms with van der Waals surface area (Å²) in [6.45, 7) is 4.77. The van der Waals surface area contributed by atoms with Crippen molar-refractivity contribution in [2.75, 3.05) is 13.2 Å². The Morgan fingerprint density at radius 1 is 1.20 bits per heavy atom. The Hall–Kier alpha value is -2.96. The van der Waals surface area contributed by atoms with E-state index in [2.05, 4.69) is 20.9 Å². The molecule has 5 rings (SSSR count). The Bertz CT molecular complexity index is 1240. The van der Waals surface area contributed by atoms with E-state index in [0.717, 1.165) is 52.3 Å². The first-order chi connectivity index (χ1) is 14.6. The van der Waals surface area contributed by atoms with E-state index in [-0.39, 0.29) is 5.82 Å². The molecule has 0 amide bonds. The van der Waals surface area contributed by atoms with Crippen molar-refractivity contribution in [3.8, 4) is 11.4 Å². The molecule has 2 aromatic carbocycles. The van der Waals surface area contributed by atoms with Crippen LogP contribution in [0.1, 0.15) is 16.8 Å². The maximum Gasteiger partial charge on any atom is 0.142 e. The Morgan fingerprint density at radius 3 is 2.97 bits per heavy atom. The molecule has 3 heterocycles. The van der Waals surface area contributed by atoms with Crippen LogP contribution < -0.4 is 4.74 Å². The van der Waals surface area contributed by atoms with Gasteiger partial charge in [0, 0.05) is 59.9 Å². The molecule has 0 saturated heterocycles. The van der Waals surface area contributed by atoms with E-state index in [4.69, 9.17) is 16.3 Å². The standard InChI is InChI=1S/C23H20ClFN4O/c1-15-18(11-26-14-27-15)13-28-6-7-30-23-17(12-28)9-20(10-21(23)24)29-5-4-16-8-19(25)2-3-22(16)29/h2-5,8-11,14H,6-7,12-13H2,1H3. The minimum absolute atomic E-state index is 0.246. The molecule has 0 spiro atoms. The summed E-state index contributed by atoms with van der Waals surface area (Å²) in [5.41, 5.74) is 4.95. The lowest BCUT2D eigenvalue weighted by Crippen LogP contribution is -2.25. The molecule has 0 radical (unpaired) electrons. The zero-order chi connectivity index (χ0) is 20.7. The molecule has 0 fully saturated rings. The second-order valence-electron chi connectivity index (χ2n) is 7.50. The Morgan fingerprint density at radius 2 is 2.10 bits per heavy atom. The highest BCUT2D eigenvalue weighted by Gasteiger charge is 2.20. The number of aryl methyl sites for hydroxylation is 1. The monoisotopic (exact) mass is 422 g/mol. The number of fused-ring (bicyclic) bond motifs is 2. The van der Waals surface area contributed by atoms with Gasteiger partial charge in [0.25, 0.3) is 0 Å². The van der Waals surface area contributed by atoms with Crippen molar-refractivity contribution < 1.29 is 9.13 Å². The molecule has 1 aliphatic heterocycles. The van der Waals surface area contributed by atoms with Crippen molar-refractivity contribution in [2.24, 2.45) is 0 Å². The summed E-state index contributed by atoms with van der Waals surface area (Å²) in [5.74, 6) is 0.482. The maximum absolute atomic E-state index is 13.6. The van der Waals surface area contributed by atoms with Crippen LogP contribution in [0.5, 0.6) is 5.75 Å². The Kier molecular flexibility index (Phi) is 4.89. The van der Waals surface area contributed by atoms with Crippen molar-refractivity contribution in [3.63, 3.8) is 0 Å². The van der Waals surface area contributed by atoms with Crippen LogP contribution in [0.2, 0.25) is 5.02 Å². The van der Waals surface area contributed by atoms with E-state index < -0.39 is 0 Å². The lowest BCUT2D eigenvalue weighted by molar-refractivity contribution is 0.219. The van der Waals surface area contributed by atoms with Gasteiger partial charge in [-0.05, 0) is 43.3 Å². The molecule has 7 heteroatoms. The highest BCUT2D eigenvalue weighted by Crippen LogP contribution is 2.35. The van der Waals surface area contributed by atoms with Crippen LogP contribution in [-0.2, 0) is 13.1 Å². The Balaban J connectivity index is 1.51. The smallest absolute Gasteiger partial charge is 0.142 e. The summed E-state index contributed by atoms with van der Waals surface area (Å²) < 4.78 is 21.6. The first-order valence-corrected chi connectivity index (χ1v) is 10.2. The summed E-state index contributed by atoms with van der Waals surface area (Å²) in [4.78, 5) is 10.8. The number of aromatic nitrogens is 3. The highest BCUT2D eigenvalue weighted by molar-refractivity contribution is 6.32. The van der Waals surface area contributed by atoms with Gasteiger partial charge in [0.2, 0.25) is 0 Å². The van der Waals surface area contributed by atoms with E-state index >= 15 is 0 Å². The highest BCUT2D eigenvalue weighted by atomic mass is 35.5. The van der Waals surface area contributed by atoms with E-state index in [9.17, 15) is 4.39 Å². The first-order valence-electron chi connectivity index (χ1n) is 9.78. The zero-order valence-electron chi connectivity index (χ0n) is 16.5. The molecule has 0 atom stereocenters. The molecule has 30 heavy (non-hydrogen) atoms. The van der Waals surface area contributed by atoms with Gasteiger partial charge in [0.05, 0.1) is 10.5 Å². The van der Waals surface area contributed by atoms with E-state index in [0.29, 0.717) is 18.2 Å². The molecule has 0 aliphatic carbocycles. The van der Waals surface area contributed by atoms with Crippen LogP contribution in [0.4, 0.5) is 4.39 Å². The molecule has 5 nitrogen and oxygen atoms in total. The average Bonchev–Trinajstić information content (AvgIpc) is 3.02. The van der Waals surface area contributed by atoms with E-state index in [1.54, 1.807) is 12.4 Å². The van der Waals surface area contributed by atoms with E-state index in [1.807, 2.05) is 36.0 Å². The van der Waals surface area contributed by atoms with Gasteiger partial charge in [-0.2, -0.15) is 0 Å². The fourth-order valence-corrected chi connectivity index (χ4v) is 4.23. The van der Waals surface area contributed by atoms with Gasteiger partial charge in [0.15, 0.2) is 0 Å². The Labute approximate surface area is 178 Å². The fraction of sp³-hybridized carbons (Fsp3) is 0.217. The molecule has 152 valence electrons. The minimum Gasteiger partial charge on any atom is -0.490 e. The minimum atomic E-state index is -0.246. The van der Waals surface area contributed by atoms with Crippen LogP contribution in [0.3, 0.4) is 0 Å². The number of hydrogen-bond donors (Lipinski definition) is 0. The summed E-state index contributed by atoms with van der Waals surface area (Å²) in [5, 5.41) is 1.42. The van der Waals surface area contributed by atoms with E-state index in [1.165, 1.54) is 12.1 Å². The van der Waals surface area contributed by atoms with Crippen molar-refractivity contribution in [3.05, 3.63) is 82.8 Å². The summed E-state index contributed by atoms with van der Waals surface area (Å²) in [6, 6.07) is 10.7. The van der Waals surface area contributed by atoms with Gasteiger partial charge < -0.3 is 9.30 Å². The quantitative estimate of drug-likeness (QED) is 0.470. The van der Waals surface area contributed by atoms with Gasteiger partial charge in [-0.1, -0.05) is 11.6 Å². The molecule has 0 N–H and O–H groups in total. The normalized spacial score (nSPS) is 14.4. The third-order valence-electron chi connectivity index (χ3n) is 5.49. The van der Waals surface area contributed by atoms with Gasteiger partial charge >= 0.3 is 0 Å². The van der Waals surface area contributed by atoms with Crippen LogP contribution in [-0.4, -0.2) is 32.6 Å². The lowest BCUT2D eigenvalue weighted by Gasteiger charge is -2.20. The second kappa shape index (κ2) is 7.70. The van der Waals surface area contributed by atoms with Gasteiger partial charge in [-0.25, -0.2) is 14.4 Å². The number of ether oxygens (including phenoxy) is 1. The van der Waals surface area contributed by atoms with Crippen molar-refractivity contribution in [1.82, 2.24) is 19.4 Å². The fourth-order valence-electron chi connectivity index (χ4n) is 3.94. The molecule has 0 saturated carbocycles. The topological polar surface area (TPSA) is 43.2 Å². The average molecular weight is 423 g/mol. The van der Waals surface area contributed by atoms with Crippen molar-refractivity contribution >= 4 is 22.5 Å². The van der Waals surface area contributed by atoms with Crippen molar-refractivity contribution in [1.29, 1.82) is 0 Å². The van der Waals surface area contributed by atoms with Gasteiger partial charge in [0.1, 0.15) is 24.5 Å². The molecule has 0 bridgehead atoms. The van der Waals surface area contributed by atoms with Crippen LogP contribution in [0.25, 0.3) is 16.6 Å². The van der Waals surface area contributed by atoms with Crippen LogP contribution in [0.15, 0.2) is 55.1 Å². The zero-order valence-corrected chi connectivity index (χ0v) is 17.2. The third kappa shape index (κ3) is 3.53. The predicted octanol–water partition coefficient (Wildman–Crippen LogP) is 4.92. The second-order valence-corrected chi connectivity index (χ2v) is 7.90. The number of benzene rings is 2. The molecular formula is C23H20ClFN4O. The van der Waals surface area contributed by atoms with Crippen LogP contribution >= 0.6 is 11.6 Å². The van der Waals surface area contributed by atoms with Crippen molar-refractivity contribution in [2.45, 2.75) is 20.0 Å². The van der Waals surface area contributed by atoms with Crippen LogP contribution in [0, 0.1) is 12.7 Å². The summed E-state index contributed by atoms with van der Waals surface area (Å²) in [6.07, 6.45) is 5.37. The predicted molar refractivity (Wildman–Crippen MR) is 115 cm³/mol. The maximum atomic E-state index is 13.6. The molecule has 0 unspecified atom stereocenters. The first kappa shape index (κ1) is 19.0. The largest absolute Gasteiger partial charge is 0.490 e. The molecular weight excluding hydrogens is 403 g/mol. The summed E-state index contributed by atoms with van der Waals surface area (Å²) in [7, 11) is 0. The lowest BCUT2D eigenvalue weighted by atomic mass is 10.1. The third-order valence-corrected chi connectivity index (χ3v) is 5.77. The van der Waals surface area contributed by atoms with Gasteiger partial charge in [-0.15, -0.1) is 0 Å². The number of halogens is 2. The molecule has 4 aromatic rings. The van der Waals surface area contributed by atoms with Gasteiger partial charge in [-0.3, -0.25) is 4.90 Å². The number of hydrogen-bond acceptors (Lipinski definition) is 4. The SMILES string of the molecule is Cc1ncncc1CN1CCOc2c(Cl)cc(-n3ccc4cc(F)ccc43)cc2C1. The summed E-state index contributed by atoms with van der Waals surface area (Å²) >= 11 is 6.61. The number of nitrogens with zero attached hydrogens (tertiary/aromatic N) is 4. The number of rotatable bonds is 3.